The molecule has 8 nitrogen and oxygen atoms in total. The van der Waals surface area contributed by atoms with Crippen molar-refractivity contribution in [3.8, 4) is 0 Å². The van der Waals surface area contributed by atoms with Crippen molar-refractivity contribution in [2.75, 3.05) is 19.7 Å². The number of imidazole rings is 1. The summed E-state index contributed by atoms with van der Waals surface area (Å²) in [6.45, 7) is 2.66. The van der Waals surface area contributed by atoms with Crippen LogP contribution in [0, 0.1) is 6.92 Å². The van der Waals surface area contributed by atoms with E-state index < -0.39 is 16.1 Å². The predicted molar refractivity (Wildman–Crippen MR) is 77.4 cm³/mol. The lowest BCUT2D eigenvalue weighted by Gasteiger charge is -2.31. The van der Waals surface area contributed by atoms with Gasteiger partial charge in [-0.05, 0) is 6.92 Å². The summed E-state index contributed by atoms with van der Waals surface area (Å²) >= 11 is 0. The molecule has 0 aliphatic carbocycles. The minimum absolute atomic E-state index is 0.0469. The molecular weight excluding hydrogens is 306 g/mol. The van der Waals surface area contributed by atoms with Gasteiger partial charge in [0, 0.05) is 32.5 Å². The van der Waals surface area contributed by atoms with Gasteiger partial charge in [-0.3, -0.25) is 9.97 Å². The zero-order chi connectivity index (χ0) is 15.7. The summed E-state index contributed by atoms with van der Waals surface area (Å²) in [5.41, 5.74) is 1.43. The van der Waals surface area contributed by atoms with Gasteiger partial charge in [0.15, 0.2) is 5.03 Å². The van der Waals surface area contributed by atoms with Crippen LogP contribution < -0.4 is 0 Å². The standard InChI is InChI=1S/C13H17N5O3S/c1-10-5-15-11(6-14-10)12-7-18(3-4-21-12)22(19,20)13-8-17(2)9-16-13/h5-6,8-9,12H,3-4,7H2,1-2H3/t12-/m0/s1. The number of ether oxygens (including phenoxy) is 1. The van der Waals surface area contributed by atoms with Crippen molar-refractivity contribution in [1.29, 1.82) is 0 Å². The molecule has 9 heteroatoms. The van der Waals surface area contributed by atoms with E-state index in [1.54, 1.807) is 24.0 Å². The summed E-state index contributed by atoms with van der Waals surface area (Å²) in [6, 6.07) is 0. The first-order valence-corrected chi connectivity index (χ1v) is 8.29. The van der Waals surface area contributed by atoms with Crippen LogP contribution in [0.2, 0.25) is 0 Å². The SMILES string of the molecule is Cc1cnc([C@@H]2CN(S(=O)(=O)c3cn(C)cn3)CCO2)cn1. The maximum Gasteiger partial charge on any atom is 0.262 e. The lowest BCUT2D eigenvalue weighted by Crippen LogP contribution is -2.42. The molecule has 0 amide bonds. The number of sulfonamides is 1. The van der Waals surface area contributed by atoms with Gasteiger partial charge in [-0.25, -0.2) is 13.4 Å². The summed E-state index contributed by atoms with van der Waals surface area (Å²) in [7, 11) is -1.88. The van der Waals surface area contributed by atoms with E-state index in [-0.39, 0.29) is 11.6 Å². The molecular formula is C13H17N5O3S. The van der Waals surface area contributed by atoms with Crippen molar-refractivity contribution < 1.29 is 13.2 Å². The van der Waals surface area contributed by atoms with E-state index in [1.165, 1.54) is 16.8 Å². The third kappa shape index (κ3) is 2.87. The van der Waals surface area contributed by atoms with E-state index in [0.717, 1.165) is 5.69 Å². The highest BCUT2D eigenvalue weighted by molar-refractivity contribution is 7.89. The highest BCUT2D eigenvalue weighted by atomic mass is 32.2. The van der Waals surface area contributed by atoms with Crippen molar-refractivity contribution in [1.82, 2.24) is 23.8 Å². The van der Waals surface area contributed by atoms with Crippen molar-refractivity contribution in [2.45, 2.75) is 18.1 Å². The zero-order valence-electron chi connectivity index (χ0n) is 12.4. The number of aromatic nitrogens is 4. The largest absolute Gasteiger partial charge is 0.369 e. The number of hydrogen-bond acceptors (Lipinski definition) is 6. The molecule has 1 aliphatic rings. The number of rotatable bonds is 3. The second-order valence-corrected chi connectivity index (χ2v) is 7.07. The number of aryl methyl sites for hydroxylation is 2. The Labute approximate surface area is 128 Å². The second kappa shape index (κ2) is 5.75. The number of hydrogen-bond donors (Lipinski definition) is 0. The molecule has 1 atom stereocenters. The molecule has 3 heterocycles. The molecule has 0 radical (unpaired) electrons. The van der Waals surface area contributed by atoms with Crippen LogP contribution in [-0.2, 0) is 21.8 Å². The van der Waals surface area contributed by atoms with Gasteiger partial charge in [0.25, 0.3) is 10.0 Å². The summed E-state index contributed by atoms with van der Waals surface area (Å²) < 4.78 is 33.8. The quantitative estimate of drug-likeness (QED) is 0.806. The molecule has 118 valence electrons. The van der Waals surface area contributed by atoms with Gasteiger partial charge in [0.2, 0.25) is 0 Å². The summed E-state index contributed by atoms with van der Waals surface area (Å²) in [6.07, 6.45) is 5.81. The molecule has 2 aromatic heterocycles. The Bertz CT molecular complexity index is 756. The summed E-state index contributed by atoms with van der Waals surface area (Å²) in [5.74, 6) is 0. The van der Waals surface area contributed by atoms with E-state index >= 15 is 0 Å². The van der Waals surface area contributed by atoms with Gasteiger partial charge >= 0.3 is 0 Å². The van der Waals surface area contributed by atoms with Crippen LogP contribution in [0.1, 0.15) is 17.5 Å². The van der Waals surface area contributed by atoms with E-state index in [9.17, 15) is 8.42 Å². The molecule has 22 heavy (non-hydrogen) atoms. The van der Waals surface area contributed by atoms with E-state index in [2.05, 4.69) is 15.0 Å². The normalized spacial score (nSPS) is 20.2. The van der Waals surface area contributed by atoms with Crippen LogP contribution in [0.25, 0.3) is 0 Å². The second-order valence-electron chi connectivity index (χ2n) is 5.18. The predicted octanol–water partition coefficient (Wildman–Crippen LogP) is 0.281. The topological polar surface area (TPSA) is 90.2 Å². The molecule has 0 N–H and O–H groups in total. The van der Waals surface area contributed by atoms with Gasteiger partial charge in [-0.1, -0.05) is 0 Å². The zero-order valence-corrected chi connectivity index (χ0v) is 13.2. The van der Waals surface area contributed by atoms with Crippen LogP contribution in [0.4, 0.5) is 0 Å². The third-order valence-corrected chi connectivity index (χ3v) is 5.20. The first-order chi connectivity index (χ1) is 10.5. The average molecular weight is 323 g/mol. The van der Waals surface area contributed by atoms with Crippen LogP contribution in [0.5, 0.6) is 0 Å². The van der Waals surface area contributed by atoms with Crippen molar-refractivity contribution in [2.24, 2.45) is 7.05 Å². The highest BCUT2D eigenvalue weighted by Crippen LogP contribution is 2.24. The van der Waals surface area contributed by atoms with Crippen molar-refractivity contribution in [3.63, 3.8) is 0 Å². The summed E-state index contributed by atoms with van der Waals surface area (Å²) in [5, 5.41) is 0.0469. The number of nitrogens with zero attached hydrogens (tertiary/aromatic N) is 5. The Morgan fingerprint density at radius 2 is 2.09 bits per heavy atom. The first kappa shape index (κ1) is 15.1. The van der Waals surface area contributed by atoms with E-state index in [0.29, 0.717) is 18.8 Å². The maximum atomic E-state index is 12.6. The van der Waals surface area contributed by atoms with Gasteiger partial charge in [0.05, 0.1) is 30.5 Å². The van der Waals surface area contributed by atoms with Crippen molar-refractivity contribution in [3.05, 3.63) is 36.3 Å². The molecule has 1 fully saturated rings. The molecule has 2 aromatic rings. The highest BCUT2D eigenvalue weighted by Gasteiger charge is 2.33. The number of morpholine rings is 1. The van der Waals surface area contributed by atoms with Gasteiger partial charge in [-0.15, -0.1) is 0 Å². The van der Waals surface area contributed by atoms with Crippen LogP contribution in [-0.4, -0.2) is 51.9 Å². The average Bonchev–Trinajstić information content (AvgIpc) is 2.95. The molecule has 0 bridgehead atoms. The Balaban J connectivity index is 1.82. The monoisotopic (exact) mass is 323 g/mol. The van der Waals surface area contributed by atoms with E-state index in [4.69, 9.17) is 4.74 Å². The Kier molecular flexibility index (Phi) is 3.94. The fourth-order valence-corrected chi connectivity index (χ4v) is 3.64. The fourth-order valence-electron chi connectivity index (χ4n) is 2.25. The lowest BCUT2D eigenvalue weighted by molar-refractivity contribution is -0.00522. The molecule has 1 saturated heterocycles. The lowest BCUT2D eigenvalue weighted by atomic mass is 10.2. The van der Waals surface area contributed by atoms with Gasteiger partial charge in [0.1, 0.15) is 6.10 Å². The Hall–Kier alpha value is -1.84. The third-order valence-electron chi connectivity index (χ3n) is 3.45. The first-order valence-electron chi connectivity index (χ1n) is 6.85. The maximum absolute atomic E-state index is 12.6. The smallest absolute Gasteiger partial charge is 0.262 e. The Morgan fingerprint density at radius 1 is 1.27 bits per heavy atom. The molecule has 0 unspecified atom stereocenters. The van der Waals surface area contributed by atoms with Crippen LogP contribution in [0.15, 0.2) is 29.9 Å². The molecule has 3 rings (SSSR count). The minimum atomic E-state index is -3.62. The minimum Gasteiger partial charge on any atom is -0.369 e. The van der Waals surface area contributed by atoms with Gasteiger partial charge in [-0.2, -0.15) is 4.31 Å². The summed E-state index contributed by atoms with van der Waals surface area (Å²) in [4.78, 5) is 12.4. The molecule has 0 saturated carbocycles. The fraction of sp³-hybridized carbons (Fsp3) is 0.462. The van der Waals surface area contributed by atoms with E-state index in [1.807, 2.05) is 6.92 Å². The van der Waals surface area contributed by atoms with Crippen LogP contribution >= 0.6 is 0 Å². The Morgan fingerprint density at radius 3 is 2.73 bits per heavy atom. The van der Waals surface area contributed by atoms with Crippen molar-refractivity contribution >= 4 is 10.0 Å². The molecule has 0 aromatic carbocycles. The van der Waals surface area contributed by atoms with Gasteiger partial charge < -0.3 is 9.30 Å². The molecule has 1 aliphatic heterocycles. The van der Waals surface area contributed by atoms with Crippen LogP contribution in [0.3, 0.4) is 0 Å². The molecule has 0 spiro atoms.